The zero-order chi connectivity index (χ0) is 15.9. The van der Waals surface area contributed by atoms with Crippen LogP contribution in [0.3, 0.4) is 0 Å². The molecule has 120 valence electrons. The molecular weight excluding hydrogens is 286 g/mol. The fraction of sp³-hybridized carbons (Fsp3) is 0.600. The van der Waals surface area contributed by atoms with Gasteiger partial charge in [-0.05, 0) is 32.4 Å². The van der Waals surface area contributed by atoms with Crippen molar-refractivity contribution in [3.05, 3.63) is 29.6 Å². The van der Waals surface area contributed by atoms with Crippen LogP contribution >= 0.6 is 0 Å². The van der Waals surface area contributed by atoms with Crippen molar-refractivity contribution in [2.75, 3.05) is 13.2 Å². The lowest BCUT2D eigenvalue weighted by atomic mass is 10.1. The molecule has 0 saturated heterocycles. The molecule has 0 aliphatic carbocycles. The van der Waals surface area contributed by atoms with E-state index in [0.29, 0.717) is 5.56 Å². The molecule has 0 saturated carbocycles. The van der Waals surface area contributed by atoms with Crippen molar-refractivity contribution in [2.45, 2.75) is 45.3 Å². The van der Waals surface area contributed by atoms with Gasteiger partial charge in [0.15, 0.2) is 0 Å². The topological polar surface area (TPSA) is 21.3 Å². The quantitative estimate of drug-likeness (QED) is 0.559. The molecular formula is C15H21F4NO. The second-order valence-corrected chi connectivity index (χ2v) is 4.93. The second-order valence-electron chi connectivity index (χ2n) is 4.93. The van der Waals surface area contributed by atoms with E-state index >= 15 is 0 Å². The maximum atomic E-state index is 13.9. The minimum atomic E-state index is -4.18. The summed E-state index contributed by atoms with van der Waals surface area (Å²) in [4.78, 5) is 0. The first-order chi connectivity index (χ1) is 9.83. The van der Waals surface area contributed by atoms with Crippen molar-refractivity contribution < 1.29 is 22.3 Å². The number of ether oxygens (including phenoxy) is 1. The normalized spacial score (nSPS) is 13.2. The zero-order valence-electron chi connectivity index (χ0n) is 12.3. The van der Waals surface area contributed by atoms with Crippen molar-refractivity contribution in [3.8, 4) is 5.75 Å². The summed E-state index contributed by atoms with van der Waals surface area (Å²) in [6.45, 7) is 4.59. The van der Waals surface area contributed by atoms with Crippen LogP contribution in [0, 0.1) is 5.82 Å². The Morgan fingerprint density at radius 3 is 2.57 bits per heavy atom. The lowest BCUT2D eigenvalue weighted by Gasteiger charge is -2.15. The number of benzene rings is 1. The Balaban J connectivity index is 2.50. The Kier molecular flexibility index (Phi) is 6.95. The van der Waals surface area contributed by atoms with Crippen LogP contribution in [0.1, 0.15) is 44.7 Å². The molecule has 0 radical (unpaired) electrons. The van der Waals surface area contributed by atoms with E-state index in [-0.39, 0.29) is 24.8 Å². The van der Waals surface area contributed by atoms with Crippen LogP contribution in [-0.2, 0) is 0 Å². The SMILES string of the molecule is CCCNC(C)c1ccc(OCCCC(F)(F)F)cc1F. The number of rotatable bonds is 8. The van der Waals surface area contributed by atoms with Crippen molar-refractivity contribution >= 4 is 0 Å². The molecule has 0 spiro atoms. The van der Waals surface area contributed by atoms with Gasteiger partial charge in [0.1, 0.15) is 11.6 Å². The maximum Gasteiger partial charge on any atom is 0.389 e. The summed E-state index contributed by atoms with van der Waals surface area (Å²) >= 11 is 0. The van der Waals surface area contributed by atoms with Crippen LogP contribution in [0.4, 0.5) is 17.6 Å². The molecule has 0 amide bonds. The molecule has 1 rings (SSSR count). The molecule has 1 unspecified atom stereocenters. The number of nitrogens with one attached hydrogen (secondary N) is 1. The third kappa shape index (κ3) is 6.80. The summed E-state index contributed by atoms with van der Waals surface area (Å²) in [6.07, 6.45) is -4.27. The summed E-state index contributed by atoms with van der Waals surface area (Å²) in [5.74, 6) is -0.166. The van der Waals surface area contributed by atoms with Gasteiger partial charge in [-0.15, -0.1) is 0 Å². The van der Waals surface area contributed by atoms with Crippen molar-refractivity contribution in [1.82, 2.24) is 5.32 Å². The van der Waals surface area contributed by atoms with E-state index in [1.165, 1.54) is 6.07 Å². The number of alkyl halides is 3. The predicted molar refractivity (Wildman–Crippen MR) is 73.9 cm³/mol. The molecule has 1 aromatic rings. The first-order valence-electron chi connectivity index (χ1n) is 7.06. The predicted octanol–water partition coefficient (Wildman–Crippen LogP) is 4.61. The second kappa shape index (κ2) is 8.22. The highest BCUT2D eigenvalue weighted by Gasteiger charge is 2.26. The van der Waals surface area contributed by atoms with Crippen molar-refractivity contribution in [3.63, 3.8) is 0 Å². The Hall–Kier alpha value is -1.30. The number of hydrogen-bond acceptors (Lipinski definition) is 2. The molecule has 0 aliphatic rings. The van der Waals surface area contributed by atoms with E-state index in [2.05, 4.69) is 5.32 Å². The highest BCUT2D eigenvalue weighted by Crippen LogP contribution is 2.24. The number of hydrogen-bond donors (Lipinski definition) is 1. The minimum Gasteiger partial charge on any atom is -0.493 e. The van der Waals surface area contributed by atoms with Gasteiger partial charge in [-0.3, -0.25) is 0 Å². The maximum absolute atomic E-state index is 13.9. The molecule has 0 fully saturated rings. The Bertz CT molecular complexity index is 434. The summed E-state index contributed by atoms with van der Waals surface area (Å²) in [5, 5.41) is 3.17. The first kappa shape index (κ1) is 17.8. The largest absolute Gasteiger partial charge is 0.493 e. The molecule has 0 aromatic heterocycles. The summed E-state index contributed by atoms with van der Waals surface area (Å²) in [6, 6.07) is 4.27. The van der Waals surface area contributed by atoms with Gasteiger partial charge in [-0.25, -0.2) is 4.39 Å². The lowest BCUT2D eigenvalue weighted by molar-refractivity contribution is -0.136. The third-order valence-corrected chi connectivity index (χ3v) is 3.01. The highest BCUT2D eigenvalue weighted by molar-refractivity contribution is 5.30. The van der Waals surface area contributed by atoms with E-state index in [1.54, 1.807) is 12.1 Å². The summed E-state index contributed by atoms with van der Waals surface area (Å²) in [7, 11) is 0. The van der Waals surface area contributed by atoms with Crippen molar-refractivity contribution in [2.24, 2.45) is 0 Å². The molecule has 1 aromatic carbocycles. The van der Waals surface area contributed by atoms with Crippen LogP contribution in [0.5, 0.6) is 5.75 Å². The van der Waals surface area contributed by atoms with Gasteiger partial charge < -0.3 is 10.1 Å². The molecule has 21 heavy (non-hydrogen) atoms. The molecule has 1 atom stereocenters. The van der Waals surface area contributed by atoms with Gasteiger partial charge in [0.25, 0.3) is 0 Å². The van der Waals surface area contributed by atoms with Crippen LogP contribution in [0.2, 0.25) is 0 Å². The molecule has 0 aliphatic heterocycles. The molecule has 0 bridgehead atoms. The lowest BCUT2D eigenvalue weighted by Crippen LogP contribution is -2.20. The highest BCUT2D eigenvalue weighted by atomic mass is 19.4. The van der Waals surface area contributed by atoms with Crippen LogP contribution in [-0.4, -0.2) is 19.3 Å². The molecule has 2 nitrogen and oxygen atoms in total. The van der Waals surface area contributed by atoms with Gasteiger partial charge in [-0.1, -0.05) is 13.0 Å². The standard InChI is InChI=1S/C15H21F4NO/c1-3-8-20-11(2)13-6-5-12(10-14(13)16)21-9-4-7-15(17,18)19/h5-6,10-11,20H,3-4,7-9H2,1-2H3. The summed E-state index contributed by atoms with van der Waals surface area (Å²) < 4.78 is 55.0. The Morgan fingerprint density at radius 1 is 1.29 bits per heavy atom. The van der Waals surface area contributed by atoms with E-state index in [1.807, 2.05) is 13.8 Å². The van der Waals surface area contributed by atoms with E-state index in [9.17, 15) is 17.6 Å². The van der Waals surface area contributed by atoms with Gasteiger partial charge in [0, 0.05) is 24.1 Å². The third-order valence-electron chi connectivity index (χ3n) is 3.01. The van der Waals surface area contributed by atoms with Gasteiger partial charge in [-0.2, -0.15) is 13.2 Å². The van der Waals surface area contributed by atoms with Gasteiger partial charge in [0.05, 0.1) is 6.61 Å². The summed E-state index contributed by atoms with van der Waals surface area (Å²) in [5.41, 5.74) is 0.520. The number of halogens is 4. The van der Waals surface area contributed by atoms with Crippen LogP contribution in [0.15, 0.2) is 18.2 Å². The molecule has 6 heteroatoms. The minimum absolute atomic E-state index is 0.0814. The first-order valence-corrected chi connectivity index (χ1v) is 7.06. The Morgan fingerprint density at radius 2 is 2.00 bits per heavy atom. The molecule has 0 heterocycles. The average Bonchev–Trinajstić information content (AvgIpc) is 2.40. The van der Waals surface area contributed by atoms with Gasteiger partial charge in [0.2, 0.25) is 0 Å². The monoisotopic (exact) mass is 307 g/mol. The van der Waals surface area contributed by atoms with E-state index < -0.39 is 18.4 Å². The molecule has 1 N–H and O–H groups in total. The van der Waals surface area contributed by atoms with Crippen molar-refractivity contribution in [1.29, 1.82) is 0 Å². The van der Waals surface area contributed by atoms with E-state index in [4.69, 9.17) is 4.74 Å². The fourth-order valence-electron chi connectivity index (χ4n) is 1.88. The van der Waals surface area contributed by atoms with Crippen LogP contribution < -0.4 is 10.1 Å². The Labute approximate surface area is 122 Å². The van der Waals surface area contributed by atoms with Gasteiger partial charge >= 0.3 is 6.18 Å². The average molecular weight is 307 g/mol. The fourth-order valence-corrected chi connectivity index (χ4v) is 1.88. The van der Waals surface area contributed by atoms with Crippen LogP contribution in [0.25, 0.3) is 0 Å². The zero-order valence-corrected chi connectivity index (χ0v) is 12.3. The van der Waals surface area contributed by atoms with E-state index in [0.717, 1.165) is 13.0 Å². The smallest absolute Gasteiger partial charge is 0.389 e.